The van der Waals surface area contributed by atoms with E-state index < -0.39 is 0 Å². The first-order valence-corrected chi connectivity index (χ1v) is 6.13. The molecule has 0 aromatic carbocycles. The third-order valence-electron chi connectivity index (χ3n) is 3.19. The van der Waals surface area contributed by atoms with Gasteiger partial charge in [-0.15, -0.1) is 0 Å². The van der Waals surface area contributed by atoms with Crippen molar-refractivity contribution in [3.63, 3.8) is 0 Å². The second-order valence-corrected chi connectivity index (χ2v) is 4.63. The Morgan fingerprint density at radius 1 is 1.35 bits per heavy atom. The monoisotopic (exact) mass is 233 g/mol. The van der Waals surface area contributed by atoms with Gasteiger partial charge >= 0.3 is 0 Å². The van der Waals surface area contributed by atoms with Gasteiger partial charge in [0.2, 0.25) is 5.91 Å². The van der Waals surface area contributed by atoms with Gasteiger partial charge in [0, 0.05) is 31.2 Å². The van der Waals surface area contributed by atoms with E-state index in [-0.39, 0.29) is 5.91 Å². The number of hydrogen-bond acceptors (Lipinski definition) is 4. The van der Waals surface area contributed by atoms with Crippen molar-refractivity contribution in [3.05, 3.63) is 17.8 Å². The maximum Gasteiger partial charge on any atom is 0.250 e. The summed E-state index contributed by atoms with van der Waals surface area (Å²) in [5.74, 6) is 1.72. The lowest BCUT2D eigenvalue weighted by Gasteiger charge is -2.11. The molecular formula is C12H15N3O2. The van der Waals surface area contributed by atoms with Crippen LogP contribution in [-0.2, 0) is 4.79 Å². The maximum absolute atomic E-state index is 11.7. The Labute approximate surface area is 99.5 Å². The Kier molecular flexibility index (Phi) is 2.66. The molecule has 1 saturated carbocycles. The molecule has 1 aliphatic carbocycles. The highest BCUT2D eigenvalue weighted by atomic mass is 16.5. The van der Waals surface area contributed by atoms with Crippen LogP contribution in [0.15, 0.2) is 10.6 Å². The highest BCUT2D eigenvalue weighted by Gasteiger charge is 2.28. The number of carbonyl (C=O) groups excluding carboxylic acids is 1. The highest BCUT2D eigenvalue weighted by Crippen LogP contribution is 2.38. The summed E-state index contributed by atoms with van der Waals surface area (Å²) in [4.78, 5) is 17.8. The smallest absolute Gasteiger partial charge is 0.250 e. The summed E-state index contributed by atoms with van der Waals surface area (Å²) < 4.78 is 5.06. The van der Waals surface area contributed by atoms with Crippen molar-refractivity contribution < 1.29 is 9.32 Å². The standard InChI is InChI=1S/C12H15N3O2/c16-11(15-7-1-2-8-15)6-5-10-13-12(14-17-10)9-3-4-9/h5-6,9H,1-4,7-8H2/b6-5+. The van der Waals surface area contributed by atoms with Crippen LogP contribution >= 0.6 is 0 Å². The molecule has 1 aromatic heterocycles. The molecule has 2 heterocycles. The summed E-state index contributed by atoms with van der Waals surface area (Å²) >= 11 is 0. The zero-order valence-electron chi connectivity index (χ0n) is 9.63. The van der Waals surface area contributed by atoms with Crippen molar-refractivity contribution in [2.45, 2.75) is 31.6 Å². The molecule has 1 saturated heterocycles. The van der Waals surface area contributed by atoms with Crippen LogP contribution < -0.4 is 0 Å². The van der Waals surface area contributed by atoms with E-state index in [1.165, 1.54) is 6.08 Å². The molecule has 1 aromatic rings. The molecule has 1 amide bonds. The Bertz CT molecular complexity index is 442. The van der Waals surface area contributed by atoms with Gasteiger partial charge in [-0.05, 0) is 25.7 Å². The normalized spacial score (nSPS) is 20.4. The fourth-order valence-electron chi connectivity index (χ4n) is 2.01. The van der Waals surface area contributed by atoms with Crippen LogP contribution in [0.5, 0.6) is 0 Å². The molecule has 2 aliphatic rings. The summed E-state index contributed by atoms with van der Waals surface area (Å²) in [7, 11) is 0. The van der Waals surface area contributed by atoms with E-state index >= 15 is 0 Å². The van der Waals surface area contributed by atoms with Crippen molar-refractivity contribution >= 4 is 12.0 Å². The van der Waals surface area contributed by atoms with E-state index in [2.05, 4.69) is 10.1 Å². The summed E-state index contributed by atoms with van der Waals surface area (Å²) in [5, 5.41) is 3.89. The van der Waals surface area contributed by atoms with Crippen molar-refractivity contribution in [2.24, 2.45) is 0 Å². The summed E-state index contributed by atoms with van der Waals surface area (Å²) in [6.45, 7) is 1.72. The molecule has 90 valence electrons. The zero-order chi connectivity index (χ0) is 11.7. The summed E-state index contributed by atoms with van der Waals surface area (Å²) in [6.07, 6.45) is 7.64. The van der Waals surface area contributed by atoms with Crippen LogP contribution in [-0.4, -0.2) is 34.0 Å². The Morgan fingerprint density at radius 2 is 2.12 bits per heavy atom. The molecule has 17 heavy (non-hydrogen) atoms. The predicted molar refractivity (Wildman–Crippen MR) is 61.1 cm³/mol. The largest absolute Gasteiger partial charge is 0.339 e. The zero-order valence-corrected chi connectivity index (χ0v) is 9.63. The van der Waals surface area contributed by atoms with Crippen LogP contribution in [0.25, 0.3) is 6.08 Å². The predicted octanol–water partition coefficient (Wildman–Crippen LogP) is 1.58. The van der Waals surface area contributed by atoms with Gasteiger partial charge in [0.05, 0.1) is 0 Å². The molecule has 3 rings (SSSR count). The van der Waals surface area contributed by atoms with Gasteiger partial charge in [-0.25, -0.2) is 0 Å². The first-order valence-electron chi connectivity index (χ1n) is 6.13. The molecule has 2 fully saturated rings. The third-order valence-corrected chi connectivity index (χ3v) is 3.19. The van der Waals surface area contributed by atoms with Gasteiger partial charge in [0.25, 0.3) is 5.89 Å². The molecule has 0 bridgehead atoms. The number of likely N-dealkylation sites (tertiary alicyclic amines) is 1. The molecule has 1 aliphatic heterocycles. The number of hydrogen-bond donors (Lipinski definition) is 0. The van der Waals surface area contributed by atoms with Crippen molar-refractivity contribution in [1.29, 1.82) is 0 Å². The lowest BCUT2D eigenvalue weighted by Crippen LogP contribution is -2.25. The van der Waals surface area contributed by atoms with Crippen LogP contribution in [0.1, 0.15) is 43.3 Å². The molecular weight excluding hydrogens is 218 g/mol. The summed E-state index contributed by atoms with van der Waals surface area (Å²) in [5.41, 5.74) is 0. The molecule has 0 N–H and O–H groups in total. The molecule has 0 atom stereocenters. The van der Waals surface area contributed by atoms with Gasteiger partial charge < -0.3 is 9.42 Å². The fourth-order valence-corrected chi connectivity index (χ4v) is 2.01. The SMILES string of the molecule is O=C(/C=C/c1nc(C2CC2)no1)N1CCCC1. The Morgan fingerprint density at radius 3 is 2.82 bits per heavy atom. The lowest BCUT2D eigenvalue weighted by molar-refractivity contribution is -0.124. The van der Waals surface area contributed by atoms with Gasteiger partial charge in [-0.2, -0.15) is 4.98 Å². The molecule has 0 radical (unpaired) electrons. The van der Waals surface area contributed by atoms with Crippen LogP contribution in [0, 0.1) is 0 Å². The number of aromatic nitrogens is 2. The van der Waals surface area contributed by atoms with E-state index in [4.69, 9.17) is 4.52 Å². The van der Waals surface area contributed by atoms with Gasteiger partial charge in [-0.1, -0.05) is 5.16 Å². The molecule has 5 heteroatoms. The van der Waals surface area contributed by atoms with E-state index in [1.54, 1.807) is 6.08 Å². The molecule has 0 unspecified atom stereocenters. The van der Waals surface area contributed by atoms with Gasteiger partial charge in [0.15, 0.2) is 5.82 Å². The van der Waals surface area contributed by atoms with Gasteiger partial charge in [0.1, 0.15) is 0 Å². The van der Waals surface area contributed by atoms with Gasteiger partial charge in [-0.3, -0.25) is 4.79 Å². The topological polar surface area (TPSA) is 59.2 Å². The van der Waals surface area contributed by atoms with Crippen molar-refractivity contribution in [2.75, 3.05) is 13.1 Å². The maximum atomic E-state index is 11.7. The first kappa shape index (κ1) is 10.5. The average Bonchev–Trinajstić information content (AvgIpc) is 2.88. The number of amides is 1. The van der Waals surface area contributed by atoms with Crippen LogP contribution in [0.3, 0.4) is 0 Å². The Hall–Kier alpha value is -1.65. The minimum absolute atomic E-state index is 0.0358. The fraction of sp³-hybridized carbons (Fsp3) is 0.583. The number of rotatable bonds is 3. The van der Waals surface area contributed by atoms with E-state index in [1.807, 2.05) is 4.90 Å². The van der Waals surface area contributed by atoms with Crippen molar-refractivity contribution in [1.82, 2.24) is 15.0 Å². The van der Waals surface area contributed by atoms with E-state index in [9.17, 15) is 4.79 Å². The van der Waals surface area contributed by atoms with Crippen LogP contribution in [0.4, 0.5) is 0 Å². The quantitative estimate of drug-likeness (QED) is 0.744. The number of carbonyl (C=O) groups is 1. The van der Waals surface area contributed by atoms with Crippen LogP contribution in [0.2, 0.25) is 0 Å². The van der Waals surface area contributed by atoms with E-state index in [0.717, 1.165) is 44.6 Å². The number of nitrogens with zero attached hydrogens (tertiary/aromatic N) is 3. The van der Waals surface area contributed by atoms with Crippen molar-refractivity contribution in [3.8, 4) is 0 Å². The first-order chi connectivity index (χ1) is 8.33. The summed E-state index contributed by atoms with van der Waals surface area (Å²) in [6, 6.07) is 0. The lowest BCUT2D eigenvalue weighted by atomic mass is 10.4. The minimum Gasteiger partial charge on any atom is -0.339 e. The second-order valence-electron chi connectivity index (χ2n) is 4.63. The van der Waals surface area contributed by atoms with E-state index in [0.29, 0.717) is 11.8 Å². The molecule has 0 spiro atoms. The molecule has 5 nitrogen and oxygen atoms in total. The highest BCUT2D eigenvalue weighted by molar-refractivity contribution is 5.91. The average molecular weight is 233 g/mol. The second kappa shape index (κ2) is 4.31. The Balaban J connectivity index is 1.62. The minimum atomic E-state index is 0.0358. The third kappa shape index (κ3) is 2.38.